The first-order valence-corrected chi connectivity index (χ1v) is 9.02. The Kier molecular flexibility index (Phi) is 3.81. The third kappa shape index (κ3) is 2.26. The second-order valence-corrected chi connectivity index (χ2v) is 7.48. The molecule has 0 spiro atoms. The van der Waals surface area contributed by atoms with Crippen molar-refractivity contribution in [1.82, 2.24) is 19.3 Å². The van der Waals surface area contributed by atoms with E-state index in [9.17, 15) is 4.21 Å². The molecular weight excluding hydrogens is 292 g/mol. The molecule has 1 saturated heterocycles. The fourth-order valence-corrected chi connectivity index (χ4v) is 4.64. The highest BCUT2D eigenvalue weighted by atomic mass is 32.2. The zero-order valence-corrected chi connectivity index (χ0v) is 13.5. The van der Waals surface area contributed by atoms with Crippen molar-refractivity contribution >= 4 is 34.2 Å². The summed E-state index contributed by atoms with van der Waals surface area (Å²) in [6.07, 6.45) is 3.89. The van der Waals surface area contributed by atoms with Crippen LogP contribution in [0.25, 0.3) is 11.2 Å². The molecule has 0 atom stereocenters. The number of imidazole rings is 1. The van der Waals surface area contributed by atoms with Gasteiger partial charge in [0.2, 0.25) is 0 Å². The lowest BCUT2D eigenvalue weighted by atomic mass is 10.1. The van der Waals surface area contributed by atoms with E-state index < -0.39 is 10.8 Å². The number of hydrogen-bond donors (Lipinski definition) is 1. The van der Waals surface area contributed by atoms with Crippen LogP contribution in [0.2, 0.25) is 0 Å². The molecule has 7 heteroatoms. The molecule has 0 unspecified atom stereocenters. The van der Waals surface area contributed by atoms with E-state index in [1.807, 2.05) is 11.7 Å². The second kappa shape index (κ2) is 5.44. The van der Waals surface area contributed by atoms with Crippen LogP contribution in [0, 0.1) is 4.77 Å². The van der Waals surface area contributed by atoms with Crippen LogP contribution in [0.3, 0.4) is 0 Å². The Morgan fingerprint density at radius 2 is 2.15 bits per heavy atom. The number of nitrogens with one attached hydrogen (secondary N) is 1. The minimum Gasteiger partial charge on any atom is -0.328 e. The maximum absolute atomic E-state index is 11.5. The van der Waals surface area contributed by atoms with Gasteiger partial charge < -0.3 is 4.98 Å². The summed E-state index contributed by atoms with van der Waals surface area (Å²) in [5.74, 6) is 1.55. The molecule has 1 aliphatic rings. The molecule has 3 heterocycles. The van der Waals surface area contributed by atoms with E-state index >= 15 is 0 Å². The molecule has 0 radical (unpaired) electrons. The van der Waals surface area contributed by atoms with E-state index in [-0.39, 0.29) is 0 Å². The lowest BCUT2D eigenvalue weighted by Gasteiger charge is -2.23. The zero-order chi connectivity index (χ0) is 14.3. The lowest BCUT2D eigenvalue weighted by molar-refractivity contribution is 0.460. The van der Waals surface area contributed by atoms with Crippen LogP contribution in [0.15, 0.2) is 0 Å². The van der Waals surface area contributed by atoms with Gasteiger partial charge in [-0.05, 0) is 31.5 Å². The van der Waals surface area contributed by atoms with Crippen molar-refractivity contribution in [3.05, 3.63) is 10.5 Å². The molecule has 1 N–H and O–H groups in total. The third-order valence-electron chi connectivity index (χ3n) is 3.98. The molecule has 0 amide bonds. The van der Waals surface area contributed by atoms with Crippen molar-refractivity contribution in [3.63, 3.8) is 0 Å². The van der Waals surface area contributed by atoms with E-state index in [0.29, 0.717) is 6.04 Å². The zero-order valence-electron chi connectivity index (χ0n) is 11.9. The molecule has 0 aromatic carbocycles. The maximum Gasteiger partial charge on any atom is 0.179 e. The topological polar surface area (TPSA) is 55.6 Å². The van der Waals surface area contributed by atoms with Gasteiger partial charge in [-0.15, -0.1) is 0 Å². The Morgan fingerprint density at radius 3 is 2.80 bits per heavy atom. The first-order valence-electron chi connectivity index (χ1n) is 7.13. The van der Waals surface area contributed by atoms with Crippen LogP contribution in [0.4, 0.5) is 0 Å². The molecule has 0 saturated carbocycles. The highest BCUT2D eigenvalue weighted by Gasteiger charge is 2.24. The summed E-state index contributed by atoms with van der Waals surface area (Å²) in [6.45, 7) is 2.16. The van der Waals surface area contributed by atoms with Crippen LogP contribution in [0.1, 0.15) is 37.9 Å². The van der Waals surface area contributed by atoms with Crippen molar-refractivity contribution in [2.24, 2.45) is 7.05 Å². The summed E-state index contributed by atoms with van der Waals surface area (Å²) < 4.78 is 16.4. The molecular formula is C13H20N4OS2. The SMILES string of the molecule is CCCc1nn(C)c2c1[nH]c(=S)n2C1CCS(=O)CC1. The number of aryl methyl sites for hydroxylation is 2. The monoisotopic (exact) mass is 312 g/mol. The number of fused-ring (bicyclic) bond motifs is 1. The van der Waals surface area contributed by atoms with E-state index in [4.69, 9.17) is 12.2 Å². The van der Waals surface area contributed by atoms with E-state index in [0.717, 1.165) is 58.8 Å². The standard InChI is InChI=1S/C13H20N4OS2/c1-3-4-10-11-12(16(2)15-10)17(13(19)14-11)9-5-7-20(18)8-6-9/h9H,3-8H2,1-2H3,(H,14,19). The van der Waals surface area contributed by atoms with E-state index in [1.165, 1.54) is 0 Å². The Morgan fingerprint density at radius 1 is 1.45 bits per heavy atom. The predicted molar refractivity (Wildman–Crippen MR) is 84.0 cm³/mol. The first-order chi connectivity index (χ1) is 9.61. The Labute approximate surface area is 125 Å². The van der Waals surface area contributed by atoms with Crippen molar-refractivity contribution in [3.8, 4) is 0 Å². The maximum atomic E-state index is 11.5. The van der Waals surface area contributed by atoms with Gasteiger partial charge in [0.05, 0.1) is 5.69 Å². The molecule has 5 nitrogen and oxygen atoms in total. The molecule has 3 rings (SSSR count). The number of aromatic nitrogens is 4. The van der Waals surface area contributed by atoms with E-state index in [2.05, 4.69) is 21.6 Å². The van der Waals surface area contributed by atoms with Crippen molar-refractivity contribution in [2.45, 2.75) is 38.6 Å². The number of hydrogen-bond acceptors (Lipinski definition) is 3. The molecule has 0 bridgehead atoms. The van der Waals surface area contributed by atoms with Crippen molar-refractivity contribution < 1.29 is 4.21 Å². The fourth-order valence-electron chi connectivity index (χ4n) is 3.03. The van der Waals surface area contributed by atoms with Crippen molar-refractivity contribution in [1.29, 1.82) is 0 Å². The van der Waals surface area contributed by atoms with Gasteiger partial charge in [0.25, 0.3) is 0 Å². The van der Waals surface area contributed by atoms with Gasteiger partial charge in [-0.25, -0.2) is 0 Å². The molecule has 1 aliphatic heterocycles. The first kappa shape index (κ1) is 14.0. The molecule has 2 aromatic rings. The van der Waals surface area contributed by atoms with Gasteiger partial charge >= 0.3 is 0 Å². The number of H-pyrrole nitrogens is 1. The highest BCUT2D eigenvalue weighted by Crippen LogP contribution is 2.28. The predicted octanol–water partition coefficient (Wildman–Crippen LogP) is 2.47. The molecule has 1 fully saturated rings. The third-order valence-corrected chi connectivity index (χ3v) is 5.66. The van der Waals surface area contributed by atoms with Crippen molar-refractivity contribution in [2.75, 3.05) is 11.5 Å². The molecule has 2 aromatic heterocycles. The number of nitrogens with zero attached hydrogens (tertiary/aromatic N) is 3. The van der Waals surface area contributed by atoms with Crippen LogP contribution < -0.4 is 0 Å². The minimum atomic E-state index is -0.646. The largest absolute Gasteiger partial charge is 0.328 e. The number of aromatic amines is 1. The van der Waals surface area contributed by atoms with E-state index in [1.54, 1.807) is 0 Å². The van der Waals surface area contributed by atoms with Crippen LogP contribution in [-0.4, -0.2) is 35.0 Å². The van der Waals surface area contributed by atoms with Gasteiger partial charge in [0, 0.05) is 35.4 Å². The Hall–Kier alpha value is -0.950. The van der Waals surface area contributed by atoms with Gasteiger partial charge in [0.15, 0.2) is 10.4 Å². The minimum absolute atomic E-state index is 0.346. The molecule has 20 heavy (non-hydrogen) atoms. The average Bonchev–Trinajstić information content (AvgIpc) is 2.90. The second-order valence-electron chi connectivity index (χ2n) is 5.40. The summed E-state index contributed by atoms with van der Waals surface area (Å²) in [4.78, 5) is 3.33. The summed E-state index contributed by atoms with van der Waals surface area (Å²) >= 11 is 5.51. The highest BCUT2D eigenvalue weighted by molar-refractivity contribution is 7.85. The van der Waals surface area contributed by atoms with Crippen LogP contribution in [0.5, 0.6) is 0 Å². The lowest BCUT2D eigenvalue weighted by Crippen LogP contribution is -2.22. The van der Waals surface area contributed by atoms with Gasteiger partial charge in [-0.3, -0.25) is 13.5 Å². The Bertz CT molecular complexity index is 702. The quantitative estimate of drug-likeness (QED) is 0.886. The smallest absolute Gasteiger partial charge is 0.179 e. The number of rotatable bonds is 3. The van der Waals surface area contributed by atoms with Gasteiger partial charge in [-0.2, -0.15) is 5.10 Å². The summed E-state index contributed by atoms with van der Waals surface area (Å²) in [6, 6.07) is 0.346. The van der Waals surface area contributed by atoms with Crippen LogP contribution >= 0.6 is 12.2 Å². The summed E-state index contributed by atoms with van der Waals surface area (Å²) in [5.41, 5.74) is 3.25. The average molecular weight is 312 g/mol. The van der Waals surface area contributed by atoms with Gasteiger partial charge in [0.1, 0.15) is 5.52 Å². The van der Waals surface area contributed by atoms with Crippen LogP contribution in [-0.2, 0) is 24.3 Å². The Balaban J connectivity index is 2.09. The molecule has 0 aliphatic carbocycles. The molecule has 110 valence electrons. The van der Waals surface area contributed by atoms with Gasteiger partial charge in [-0.1, -0.05) is 13.3 Å². The normalized spacial score (nSPS) is 23.5. The summed E-state index contributed by atoms with van der Waals surface area (Å²) in [5, 5.41) is 4.61. The summed E-state index contributed by atoms with van der Waals surface area (Å²) in [7, 11) is 1.33. The fraction of sp³-hybridized carbons (Fsp3) is 0.692.